The molecular formula is C20H23ClN4O3. The van der Waals surface area contributed by atoms with Crippen molar-refractivity contribution >= 4 is 23.2 Å². The van der Waals surface area contributed by atoms with Gasteiger partial charge < -0.3 is 10.2 Å². The minimum atomic E-state index is -0.542. The van der Waals surface area contributed by atoms with Crippen molar-refractivity contribution in [3.05, 3.63) is 74.3 Å². The molecule has 0 spiro atoms. The first kappa shape index (κ1) is 20.3. The summed E-state index contributed by atoms with van der Waals surface area (Å²) in [5.41, 5.74) is 2.29. The summed E-state index contributed by atoms with van der Waals surface area (Å²) in [7, 11) is 2.14. The normalized spacial score (nSPS) is 15.4. The average molecular weight is 403 g/mol. The molecule has 148 valence electrons. The lowest BCUT2D eigenvalue weighted by Gasteiger charge is -2.32. The van der Waals surface area contributed by atoms with Gasteiger partial charge in [0.2, 0.25) is 0 Å². The van der Waals surface area contributed by atoms with Crippen molar-refractivity contribution in [2.45, 2.75) is 13.1 Å². The van der Waals surface area contributed by atoms with Crippen molar-refractivity contribution in [1.82, 2.24) is 15.1 Å². The van der Waals surface area contributed by atoms with E-state index in [2.05, 4.69) is 34.3 Å². The third-order valence-electron chi connectivity index (χ3n) is 4.85. The van der Waals surface area contributed by atoms with Gasteiger partial charge in [-0.2, -0.15) is 0 Å². The highest BCUT2D eigenvalue weighted by atomic mass is 35.5. The number of nitrogens with one attached hydrogen (secondary N) is 1. The lowest BCUT2D eigenvalue weighted by molar-refractivity contribution is -0.384. The van der Waals surface area contributed by atoms with Crippen LogP contribution < -0.4 is 5.32 Å². The molecule has 2 aromatic carbocycles. The fourth-order valence-electron chi connectivity index (χ4n) is 3.18. The number of halogens is 1. The standard InChI is InChI=1S/C20H23ClN4O3/c1-23-7-9-24(10-8-23)14-16-4-2-3-15(11-16)13-22-20(26)18-6-5-17(25(27)28)12-19(18)21/h2-6,11-12H,7-10,13-14H2,1H3,(H,22,26). The number of nitro benzene ring substituents is 1. The summed E-state index contributed by atoms with van der Waals surface area (Å²) in [4.78, 5) is 27.4. The molecule has 0 saturated carbocycles. The van der Waals surface area contributed by atoms with Crippen LogP contribution in [-0.2, 0) is 13.1 Å². The van der Waals surface area contributed by atoms with Crippen LogP contribution in [0.5, 0.6) is 0 Å². The molecule has 1 fully saturated rings. The van der Waals surface area contributed by atoms with E-state index in [-0.39, 0.29) is 22.2 Å². The molecule has 0 unspecified atom stereocenters. The third kappa shape index (κ3) is 5.28. The Bertz CT molecular complexity index is 866. The lowest BCUT2D eigenvalue weighted by atomic mass is 10.1. The molecule has 0 radical (unpaired) electrons. The summed E-state index contributed by atoms with van der Waals surface area (Å²) in [6.45, 7) is 5.51. The van der Waals surface area contributed by atoms with Crippen LogP contribution in [0.4, 0.5) is 5.69 Å². The second-order valence-electron chi connectivity index (χ2n) is 7.00. The molecule has 0 aromatic heterocycles. The van der Waals surface area contributed by atoms with Crippen LogP contribution in [-0.4, -0.2) is 53.9 Å². The van der Waals surface area contributed by atoms with Crippen LogP contribution in [0.15, 0.2) is 42.5 Å². The second-order valence-corrected chi connectivity index (χ2v) is 7.41. The van der Waals surface area contributed by atoms with E-state index in [4.69, 9.17) is 11.6 Å². The molecule has 8 heteroatoms. The average Bonchev–Trinajstić information content (AvgIpc) is 2.68. The van der Waals surface area contributed by atoms with E-state index in [0.717, 1.165) is 38.3 Å². The van der Waals surface area contributed by atoms with E-state index in [1.807, 2.05) is 12.1 Å². The van der Waals surface area contributed by atoms with Crippen LogP contribution in [0, 0.1) is 10.1 Å². The summed E-state index contributed by atoms with van der Waals surface area (Å²) < 4.78 is 0. The van der Waals surface area contributed by atoms with Crippen molar-refractivity contribution in [2.24, 2.45) is 0 Å². The van der Waals surface area contributed by atoms with Gasteiger partial charge in [-0.05, 0) is 24.2 Å². The van der Waals surface area contributed by atoms with Crippen molar-refractivity contribution in [2.75, 3.05) is 33.2 Å². The minimum Gasteiger partial charge on any atom is -0.348 e. The van der Waals surface area contributed by atoms with E-state index in [1.54, 1.807) is 0 Å². The zero-order valence-electron chi connectivity index (χ0n) is 15.7. The Kier molecular flexibility index (Phi) is 6.61. The fourth-order valence-corrected chi connectivity index (χ4v) is 3.44. The molecule has 1 amide bonds. The highest BCUT2D eigenvalue weighted by Gasteiger charge is 2.16. The number of rotatable bonds is 6. The molecule has 0 aliphatic carbocycles. The largest absolute Gasteiger partial charge is 0.348 e. The van der Waals surface area contributed by atoms with E-state index < -0.39 is 4.92 Å². The Morgan fingerprint density at radius 2 is 1.86 bits per heavy atom. The van der Waals surface area contributed by atoms with Gasteiger partial charge in [0, 0.05) is 51.4 Å². The first-order valence-corrected chi connectivity index (χ1v) is 9.51. The second kappa shape index (κ2) is 9.14. The molecule has 1 heterocycles. The molecule has 1 saturated heterocycles. The van der Waals surface area contributed by atoms with Gasteiger partial charge >= 0.3 is 0 Å². The molecule has 0 atom stereocenters. The Balaban J connectivity index is 1.58. The van der Waals surface area contributed by atoms with Gasteiger partial charge in [0.05, 0.1) is 15.5 Å². The number of benzene rings is 2. The Labute approximate surface area is 169 Å². The number of nitrogens with zero attached hydrogens (tertiary/aromatic N) is 3. The maximum atomic E-state index is 12.4. The lowest BCUT2D eigenvalue weighted by Crippen LogP contribution is -2.43. The molecular weight excluding hydrogens is 380 g/mol. The zero-order valence-corrected chi connectivity index (χ0v) is 16.5. The quantitative estimate of drug-likeness (QED) is 0.593. The first-order valence-electron chi connectivity index (χ1n) is 9.13. The number of nitro groups is 1. The van der Waals surface area contributed by atoms with Gasteiger partial charge in [-0.25, -0.2) is 0 Å². The number of carbonyl (C=O) groups excluding carboxylic acids is 1. The van der Waals surface area contributed by atoms with E-state index >= 15 is 0 Å². The number of carbonyl (C=O) groups is 1. The number of piperazine rings is 1. The van der Waals surface area contributed by atoms with Crippen LogP contribution in [0.25, 0.3) is 0 Å². The first-order chi connectivity index (χ1) is 13.4. The Morgan fingerprint density at radius 3 is 2.54 bits per heavy atom. The molecule has 7 nitrogen and oxygen atoms in total. The van der Waals surface area contributed by atoms with E-state index in [9.17, 15) is 14.9 Å². The van der Waals surface area contributed by atoms with Crippen LogP contribution in [0.1, 0.15) is 21.5 Å². The number of non-ortho nitro benzene ring substituents is 1. The van der Waals surface area contributed by atoms with Gasteiger partial charge in [0.15, 0.2) is 0 Å². The summed E-state index contributed by atoms with van der Waals surface area (Å²) in [6.07, 6.45) is 0. The highest BCUT2D eigenvalue weighted by Crippen LogP contribution is 2.22. The predicted molar refractivity (Wildman–Crippen MR) is 108 cm³/mol. The SMILES string of the molecule is CN1CCN(Cc2cccc(CNC(=O)c3ccc([N+](=O)[O-])cc3Cl)c2)CC1. The van der Waals surface area contributed by atoms with Gasteiger partial charge in [-0.1, -0.05) is 35.9 Å². The molecule has 1 N–H and O–H groups in total. The summed E-state index contributed by atoms with van der Waals surface area (Å²) in [5.74, 6) is -0.357. The highest BCUT2D eigenvalue weighted by molar-refractivity contribution is 6.34. The number of hydrogen-bond acceptors (Lipinski definition) is 5. The molecule has 28 heavy (non-hydrogen) atoms. The maximum Gasteiger partial charge on any atom is 0.270 e. The zero-order chi connectivity index (χ0) is 20.1. The molecule has 2 aromatic rings. The van der Waals surface area contributed by atoms with Crippen LogP contribution in [0.2, 0.25) is 5.02 Å². The number of likely N-dealkylation sites (N-methyl/N-ethyl adjacent to an activating group) is 1. The topological polar surface area (TPSA) is 78.7 Å². The molecule has 1 aliphatic rings. The molecule has 0 bridgehead atoms. The number of hydrogen-bond donors (Lipinski definition) is 1. The van der Waals surface area contributed by atoms with Crippen molar-refractivity contribution in [3.8, 4) is 0 Å². The van der Waals surface area contributed by atoms with Gasteiger partial charge in [-0.3, -0.25) is 19.8 Å². The minimum absolute atomic E-state index is 0.0653. The van der Waals surface area contributed by atoms with Crippen LogP contribution >= 0.6 is 11.6 Å². The van der Waals surface area contributed by atoms with Crippen LogP contribution in [0.3, 0.4) is 0 Å². The fraction of sp³-hybridized carbons (Fsp3) is 0.350. The van der Waals surface area contributed by atoms with Gasteiger partial charge in [0.1, 0.15) is 0 Å². The maximum absolute atomic E-state index is 12.4. The Hall–Kier alpha value is -2.48. The summed E-state index contributed by atoms with van der Waals surface area (Å²) in [5, 5.41) is 13.7. The van der Waals surface area contributed by atoms with Gasteiger partial charge in [0.25, 0.3) is 11.6 Å². The number of amides is 1. The van der Waals surface area contributed by atoms with Crippen molar-refractivity contribution in [3.63, 3.8) is 0 Å². The summed E-state index contributed by atoms with van der Waals surface area (Å²) in [6, 6.07) is 12.0. The molecule has 3 rings (SSSR count). The third-order valence-corrected chi connectivity index (χ3v) is 5.17. The van der Waals surface area contributed by atoms with Crippen molar-refractivity contribution < 1.29 is 9.72 Å². The predicted octanol–water partition coefficient (Wildman–Crippen LogP) is 2.93. The monoisotopic (exact) mass is 402 g/mol. The van der Waals surface area contributed by atoms with Gasteiger partial charge in [-0.15, -0.1) is 0 Å². The Morgan fingerprint density at radius 1 is 1.14 bits per heavy atom. The van der Waals surface area contributed by atoms with E-state index in [1.165, 1.54) is 23.8 Å². The van der Waals surface area contributed by atoms with Crippen molar-refractivity contribution in [1.29, 1.82) is 0 Å². The smallest absolute Gasteiger partial charge is 0.270 e. The summed E-state index contributed by atoms with van der Waals surface area (Å²) >= 11 is 6.02. The molecule has 1 aliphatic heterocycles. The van der Waals surface area contributed by atoms with E-state index in [0.29, 0.717) is 6.54 Å².